The van der Waals surface area contributed by atoms with Gasteiger partial charge in [0, 0.05) is 33.4 Å². The van der Waals surface area contributed by atoms with Crippen LogP contribution in [0.25, 0.3) is 17.0 Å². The Bertz CT molecular complexity index is 1160. The molecular weight excluding hydrogens is 457 g/mol. The molecule has 2 atom stereocenters. The normalized spacial score (nSPS) is 13.4. The predicted molar refractivity (Wildman–Crippen MR) is 122 cm³/mol. The first kappa shape index (κ1) is 24.0. The van der Waals surface area contributed by atoms with Gasteiger partial charge in [-0.05, 0) is 30.3 Å². The summed E-state index contributed by atoms with van der Waals surface area (Å²) in [6.45, 7) is 0. The molecule has 3 aromatic rings. The molecule has 0 aliphatic rings. The van der Waals surface area contributed by atoms with E-state index in [2.05, 4.69) is 4.98 Å². The molecule has 0 spiro atoms. The molecule has 0 fully saturated rings. The predicted octanol–water partition coefficient (Wildman–Crippen LogP) is 4.79. The molecule has 168 valence electrons. The number of aliphatic hydroxyl groups excluding tert-OH is 2. The number of halogens is 2. The van der Waals surface area contributed by atoms with Gasteiger partial charge in [0.1, 0.15) is 11.6 Å². The number of ether oxygens (including phenoxy) is 1. The average Bonchev–Trinajstić information content (AvgIpc) is 2.74. The minimum atomic E-state index is -1.18. The Balaban J connectivity index is 1.98. The molecule has 3 N–H and O–H groups in total. The van der Waals surface area contributed by atoms with Crippen LogP contribution in [0, 0.1) is 5.82 Å². The maximum Gasteiger partial charge on any atom is 0.305 e. The van der Waals surface area contributed by atoms with Crippen molar-refractivity contribution in [2.75, 3.05) is 7.11 Å². The summed E-state index contributed by atoms with van der Waals surface area (Å²) in [4.78, 5) is 16.6. The first-order valence-corrected chi connectivity index (χ1v) is 10.8. The fourth-order valence-corrected chi connectivity index (χ4v) is 4.28. The number of hydrogen-bond acceptors (Lipinski definition) is 6. The van der Waals surface area contributed by atoms with Gasteiger partial charge in [0.25, 0.3) is 0 Å². The van der Waals surface area contributed by atoms with E-state index in [1.165, 1.54) is 30.0 Å². The highest BCUT2D eigenvalue weighted by Crippen LogP contribution is 2.38. The molecule has 0 aliphatic heterocycles. The Morgan fingerprint density at radius 3 is 2.81 bits per heavy atom. The van der Waals surface area contributed by atoms with Gasteiger partial charge in [-0.1, -0.05) is 41.6 Å². The van der Waals surface area contributed by atoms with Crippen molar-refractivity contribution in [3.8, 4) is 5.75 Å². The Labute approximate surface area is 193 Å². The van der Waals surface area contributed by atoms with Gasteiger partial charge in [-0.15, -0.1) is 0 Å². The molecule has 0 amide bonds. The number of nitrogens with zero attached hydrogens (tertiary/aromatic N) is 1. The number of pyridine rings is 1. The minimum absolute atomic E-state index is 0.0338. The van der Waals surface area contributed by atoms with E-state index in [1.807, 2.05) is 24.3 Å². The highest BCUT2D eigenvalue weighted by Gasteiger charge is 2.15. The van der Waals surface area contributed by atoms with Crippen LogP contribution in [-0.4, -0.2) is 45.6 Å². The van der Waals surface area contributed by atoms with Crippen molar-refractivity contribution in [3.63, 3.8) is 0 Å². The van der Waals surface area contributed by atoms with Gasteiger partial charge < -0.3 is 20.1 Å². The van der Waals surface area contributed by atoms with E-state index in [-0.39, 0.29) is 11.4 Å². The average molecular weight is 478 g/mol. The number of aliphatic carboxylic acids is 1. The number of rotatable bonds is 9. The molecule has 0 radical (unpaired) electrons. The van der Waals surface area contributed by atoms with E-state index in [0.717, 1.165) is 4.90 Å². The number of fused-ring (bicyclic) bond motifs is 1. The number of methoxy groups -OCH3 is 1. The molecule has 0 saturated carbocycles. The molecule has 6 nitrogen and oxygen atoms in total. The molecule has 0 bridgehead atoms. The Morgan fingerprint density at radius 1 is 1.31 bits per heavy atom. The second kappa shape index (κ2) is 10.8. The van der Waals surface area contributed by atoms with E-state index < -0.39 is 30.4 Å². The summed E-state index contributed by atoms with van der Waals surface area (Å²) in [7, 11) is 1.57. The third-order valence-electron chi connectivity index (χ3n) is 4.57. The van der Waals surface area contributed by atoms with Crippen molar-refractivity contribution in [2.24, 2.45) is 0 Å². The Hall–Kier alpha value is -2.65. The van der Waals surface area contributed by atoms with Gasteiger partial charge in [-0.2, -0.15) is 0 Å². The number of aromatic nitrogens is 1. The standard InChI is InChI=1S/C23H21ClFNO5S/c1-31-16-3-2-4-17(9-16)32-23-13(5-6-14(27)7-15(28)8-22(29)30)12-26-21-11-19(24)20(25)10-18(21)23/h2-6,9-12,14-15,27-28H,7-8H2,1H3,(H,29,30)/b6-5+/t14-,15-/m1/s1. The van der Waals surface area contributed by atoms with Crippen LogP contribution >= 0.6 is 23.4 Å². The zero-order valence-corrected chi connectivity index (χ0v) is 18.6. The van der Waals surface area contributed by atoms with Crippen molar-refractivity contribution >= 4 is 46.3 Å². The van der Waals surface area contributed by atoms with Crippen LogP contribution < -0.4 is 4.74 Å². The molecular formula is C23H21ClFNO5S. The smallest absolute Gasteiger partial charge is 0.305 e. The molecule has 9 heteroatoms. The van der Waals surface area contributed by atoms with Crippen LogP contribution in [0.2, 0.25) is 5.02 Å². The minimum Gasteiger partial charge on any atom is -0.497 e. The van der Waals surface area contributed by atoms with Crippen molar-refractivity contribution in [1.29, 1.82) is 0 Å². The maximum atomic E-state index is 14.3. The fraction of sp³-hybridized carbons (Fsp3) is 0.217. The first-order chi connectivity index (χ1) is 15.3. The SMILES string of the molecule is COc1cccc(Sc2c(/C=C/[C@@H](O)C[C@@H](O)CC(=O)O)cnc3cc(Cl)c(F)cc23)c1. The lowest BCUT2D eigenvalue weighted by molar-refractivity contribution is -0.139. The van der Waals surface area contributed by atoms with Gasteiger partial charge in [0.2, 0.25) is 0 Å². The molecule has 0 aliphatic carbocycles. The lowest BCUT2D eigenvalue weighted by Gasteiger charge is -2.13. The van der Waals surface area contributed by atoms with Gasteiger partial charge in [-0.3, -0.25) is 9.78 Å². The summed E-state index contributed by atoms with van der Waals surface area (Å²) in [6, 6.07) is 10.1. The summed E-state index contributed by atoms with van der Waals surface area (Å²) >= 11 is 7.29. The second-order valence-corrected chi connectivity index (χ2v) is 8.51. The van der Waals surface area contributed by atoms with Crippen molar-refractivity contribution < 1.29 is 29.2 Å². The molecule has 3 rings (SSSR count). The fourth-order valence-electron chi connectivity index (χ4n) is 3.05. The van der Waals surface area contributed by atoms with Crippen LogP contribution in [0.3, 0.4) is 0 Å². The largest absolute Gasteiger partial charge is 0.497 e. The lowest BCUT2D eigenvalue weighted by Crippen LogP contribution is -2.19. The number of carboxylic acid groups (broad SMARTS) is 1. The zero-order chi connectivity index (χ0) is 23.3. The van der Waals surface area contributed by atoms with E-state index >= 15 is 0 Å². The second-order valence-electron chi connectivity index (χ2n) is 7.02. The third-order valence-corrected chi connectivity index (χ3v) is 6.01. The molecule has 2 aromatic carbocycles. The number of carbonyl (C=O) groups is 1. The summed E-state index contributed by atoms with van der Waals surface area (Å²) in [5, 5.41) is 29.2. The Kier molecular flexibility index (Phi) is 8.09. The van der Waals surface area contributed by atoms with Gasteiger partial charge in [0.15, 0.2) is 0 Å². The van der Waals surface area contributed by atoms with Crippen LogP contribution in [0.4, 0.5) is 4.39 Å². The van der Waals surface area contributed by atoms with E-state index in [4.69, 9.17) is 21.4 Å². The zero-order valence-electron chi connectivity index (χ0n) is 17.0. The summed E-state index contributed by atoms with van der Waals surface area (Å²) in [5.41, 5.74) is 1.12. The van der Waals surface area contributed by atoms with Crippen LogP contribution in [0.15, 0.2) is 58.5 Å². The summed E-state index contributed by atoms with van der Waals surface area (Å²) in [6.07, 6.45) is 1.79. The summed E-state index contributed by atoms with van der Waals surface area (Å²) in [5.74, 6) is -1.06. The molecule has 1 aromatic heterocycles. The van der Waals surface area contributed by atoms with Crippen molar-refractivity contribution in [3.05, 3.63) is 65.1 Å². The quantitative estimate of drug-likeness (QED) is 0.407. The van der Waals surface area contributed by atoms with E-state index in [1.54, 1.807) is 19.4 Å². The van der Waals surface area contributed by atoms with Crippen LogP contribution in [0.1, 0.15) is 18.4 Å². The molecule has 1 heterocycles. The van der Waals surface area contributed by atoms with Gasteiger partial charge in [0.05, 0.1) is 36.3 Å². The maximum absolute atomic E-state index is 14.3. The highest BCUT2D eigenvalue weighted by molar-refractivity contribution is 7.99. The number of aliphatic hydroxyl groups is 2. The summed E-state index contributed by atoms with van der Waals surface area (Å²) < 4.78 is 19.5. The van der Waals surface area contributed by atoms with Gasteiger partial charge >= 0.3 is 5.97 Å². The monoisotopic (exact) mass is 477 g/mol. The topological polar surface area (TPSA) is 99.9 Å². The van der Waals surface area contributed by atoms with Crippen molar-refractivity contribution in [2.45, 2.75) is 34.8 Å². The lowest BCUT2D eigenvalue weighted by atomic mass is 10.1. The van der Waals surface area contributed by atoms with Crippen LogP contribution in [-0.2, 0) is 4.79 Å². The highest BCUT2D eigenvalue weighted by atomic mass is 35.5. The number of benzene rings is 2. The van der Waals surface area contributed by atoms with Crippen molar-refractivity contribution in [1.82, 2.24) is 4.98 Å². The third kappa shape index (κ3) is 6.20. The number of hydrogen-bond donors (Lipinski definition) is 3. The molecule has 32 heavy (non-hydrogen) atoms. The van der Waals surface area contributed by atoms with Crippen LogP contribution in [0.5, 0.6) is 5.75 Å². The number of carboxylic acids is 1. The van der Waals surface area contributed by atoms with E-state index in [9.17, 15) is 19.4 Å². The first-order valence-electron chi connectivity index (χ1n) is 9.62. The Morgan fingerprint density at radius 2 is 2.09 bits per heavy atom. The van der Waals surface area contributed by atoms with Gasteiger partial charge in [-0.25, -0.2) is 4.39 Å². The van der Waals surface area contributed by atoms with E-state index in [0.29, 0.717) is 27.1 Å². The molecule has 0 unspecified atom stereocenters. The molecule has 0 saturated heterocycles.